The zero-order chi connectivity index (χ0) is 13.1. The third-order valence-corrected chi connectivity index (χ3v) is 5.01. The second kappa shape index (κ2) is 6.17. The Labute approximate surface area is 117 Å². The Morgan fingerprint density at radius 1 is 1.50 bits per heavy atom. The van der Waals surface area contributed by atoms with Crippen molar-refractivity contribution in [1.82, 2.24) is 15.2 Å². The van der Waals surface area contributed by atoms with E-state index < -0.39 is 0 Å². The van der Waals surface area contributed by atoms with Crippen LogP contribution in [0.5, 0.6) is 0 Å². The molecule has 1 saturated carbocycles. The Morgan fingerprint density at radius 2 is 2.17 bits per heavy atom. The topological polar surface area (TPSA) is 55.9 Å². The minimum atomic E-state index is 0.365. The van der Waals surface area contributed by atoms with Crippen molar-refractivity contribution in [2.45, 2.75) is 51.5 Å². The van der Waals surface area contributed by atoms with Gasteiger partial charge in [-0.2, -0.15) is 5.10 Å². The van der Waals surface area contributed by atoms with Gasteiger partial charge in [-0.1, -0.05) is 19.8 Å². The number of hydrogen-bond acceptors (Lipinski definition) is 3. The van der Waals surface area contributed by atoms with E-state index in [1.807, 2.05) is 11.7 Å². The zero-order valence-corrected chi connectivity index (χ0v) is 12.8. The summed E-state index contributed by atoms with van der Waals surface area (Å²) >= 11 is 3.68. The summed E-state index contributed by atoms with van der Waals surface area (Å²) in [5.41, 5.74) is 5.40. The van der Waals surface area contributed by atoms with Gasteiger partial charge in [0, 0.05) is 19.5 Å². The molecule has 4 nitrogen and oxygen atoms in total. The van der Waals surface area contributed by atoms with Crippen molar-refractivity contribution in [3.05, 3.63) is 15.9 Å². The van der Waals surface area contributed by atoms with Crippen molar-refractivity contribution >= 4 is 15.9 Å². The number of rotatable bonds is 5. The standard InChI is InChI=1S/C13H23BrN4/c1-3-10-13(14)12(18(2)17-10)8-11(16-15)9-6-4-5-7-9/h9,11,16H,3-8,15H2,1-2H3. The molecule has 2 rings (SSSR count). The number of hydrogen-bond donors (Lipinski definition) is 2. The van der Waals surface area contributed by atoms with E-state index in [4.69, 9.17) is 5.84 Å². The highest BCUT2D eigenvalue weighted by Gasteiger charge is 2.26. The van der Waals surface area contributed by atoms with Crippen molar-refractivity contribution in [1.29, 1.82) is 0 Å². The quantitative estimate of drug-likeness (QED) is 0.647. The number of aromatic nitrogens is 2. The Balaban J connectivity index is 2.13. The highest BCUT2D eigenvalue weighted by Crippen LogP contribution is 2.31. The second-order valence-corrected chi connectivity index (χ2v) is 6.00. The lowest BCUT2D eigenvalue weighted by Crippen LogP contribution is -2.42. The number of halogens is 1. The molecule has 0 aromatic carbocycles. The second-order valence-electron chi connectivity index (χ2n) is 5.21. The molecular weight excluding hydrogens is 292 g/mol. The maximum absolute atomic E-state index is 5.74. The van der Waals surface area contributed by atoms with Crippen LogP contribution in [-0.2, 0) is 19.9 Å². The average molecular weight is 315 g/mol. The van der Waals surface area contributed by atoms with Crippen molar-refractivity contribution in [3.8, 4) is 0 Å². The fourth-order valence-electron chi connectivity index (χ4n) is 2.97. The van der Waals surface area contributed by atoms with Gasteiger partial charge in [0.05, 0.1) is 15.9 Å². The molecule has 1 unspecified atom stereocenters. The van der Waals surface area contributed by atoms with Crippen LogP contribution in [0.3, 0.4) is 0 Å². The van der Waals surface area contributed by atoms with Crippen LogP contribution in [-0.4, -0.2) is 15.8 Å². The molecule has 0 radical (unpaired) electrons. The van der Waals surface area contributed by atoms with Gasteiger partial charge in [0.25, 0.3) is 0 Å². The SMILES string of the molecule is CCc1nn(C)c(CC(NN)C2CCCC2)c1Br. The number of hydrazine groups is 1. The predicted molar refractivity (Wildman–Crippen MR) is 77.1 cm³/mol. The summed E-state index contributed by atoms with van der Waals surface area (Å²) in [6.45, 7) is 2.13. The van der Waals surface area contributed by atoms with E-state index in [2.05, 4.69) is 33.4 Å². The van der Waals surface area contributed by atoms with Gasteiger partial charge < -0.3 is 0 Å². The van der Waals surface area contributed by atoms with Gasteiger partial charge in [-0.3, -0.25) is 16.0 Å². The van der Waals surface area contributed by atoms with Crippen molar-refractivity contribution in [2.24, 2.45) is 18.8 Å². The fraction of sp³-hybridized carbons (Fsp3) is 0.769. The van der Waals surface area contributed by atoms with Crippen LogP contribution in [0.25, 0.3) is 0 Å². The lowest BCUT2D eigenvalue weighted by Gasteiger charge is -2.22. The smallest absolute Gasteiger partial charge is 0.0766 e. The molecule has 1 fully saturated rings. The van der Waals surface area contributed by atoms with Gasteiger partial charge in [-0.15, -0.1) is 0 Å². The Kier molecular flexibility index (Phi) is 4.81. The summed E-state index contributed by atoms with van der Waals surface area (Å²) in [5.74, 6) is 6.45. The first-order valence-corrected chi connectivity index (χ1v) is 7.63. The molecule has 1 aliphatic carbocycles. The van der Waals surface area contributed by atoms with E-state index in [9.17, 15) is 0 Å². The molecule has 102 valence electrons. The van der Waals surface area contributed by atoms with Crippen LogP contribution in [0.2, 0.25) is 0 Å². The lowest BCUT2D eigenvalue weighted by molar-refractivity contribution is 0.355. The van der Waals surface area contributed by atoms with E-state index in [0.717, 1.165) is 23.0 Å². The molecular formula is C13H23BrN4. The van der Waals surface area contributed by atoms with Crippen LogP contribution >= 0.6 is 15.9 Å². The molecule has 1 heterocycles. The predicted octanol–water partition coefficient (Wildman–Crippen LogP) is 2.31. The minimum Gasteiger partial charge on any atom is -0.271 e. The summed E-state index contributed by atoms with van der Waals surface area (Å²) in [5, 5.41) is 4.54. The first kappa shape index (κ1) is 14.0. The summed E-state index contributed by atoms with van der Waals surface area (Å²) in [6.07, 6.45) is 7.19. The Morgan fingerprint density at radius 3 is 2.67 bits per heavy atom. The van der Waals surface area contributed by atoms with Gasteiger partial charge in [-0.05, 0) is 41.1 Å². The largest absolute Gasteiger partial charge is 0.271 e. The van der Waals surface area contributed by atoms with E-state index in [0.29, 0.717) is 12.0 Å². The number of nitrogens with one attached hydrogen (secondary N) is 1. The number of nitrogens with zero attached hydrogens (tertiary/aromatic N) is 2. The molecule has 0 aliphatic heterocycles. The molecule has 0 saturated heterocycles. The van der Waals surface area contributed by atoms with Gasteiger partial charge in [0.15, 0.2) is 0 Å². The molecule has 1 atom stereocenters. The summed E-state index contributed by atoms with van der Waals surface area (Å²) < 4.78 is 3.15. The van der Waals surface area contributed by atoms with Crippen LogP contribution in [0, 0.1) is 5.92 Å². The maximum Gasteiger partial charge on any atom is 0.0766 e. The molecule has 0 bridgehead atoms. The molecule has 1 aromatic heterocycles. The Bertz CT molecular complexity index is 396. The number of aryl methyl sites for hydroxylation is 2. The third-order valence-electron chi connectivity index (χ3n) is 4.10. The lowest BCUT2D eigenvalue weighted by atomic mass is 9.94. The van der Waals surface area contributed by atoms with E-state index in [1.54, 1.807) is 0 Å². The highest BCUT2D eigenvalue weighted by molar-refractivity contribution is 9.10. The van der Waals surface area contributed by atoms with Crippen molar-refractivity contribution in [2.75, 3.05) is 0 Å². The third kappa shape index (κ3) is 2.78. The van der Waals surface area contributed by atoms with Crippen molar-refractivity contribution < 1.29 is 0 Å². The average Bonchev–Trinajstić information content (AvgIpc) is 2.97. The summed E-state index contributed by atoms with van der Waals surface area (Å²) in [6, 6.07) is 0.365. The van der Waals surface area contributed by atoms with Gasteiger partial charge in [0.1, 0.15) is 0 Å². The normalized spacial score (nSPS) is 18.4. The molecule has 0 spiro atoms. The van der Waals surface area contributed by atoms with Crippen LogP contribution in [0.1, 0.15) is 44.0 Å². The first-order chi connectivity index (χ1) is 8.67. The monoisotopic (exact) mass is 314 g/mol. The molecule has 0 amide bonds. The number of nitrogens with two attached hydrogens (primary N) is 1. The van der Waals surface area contributed by atoms with Gasteiger partial charge in [0.2, 0.25) is 0 Å². The summed E-state index contributed by atoms with van der Waals surface area (Å²) in [4.78, 5) is 0. The van der Waals surface area contributed by atoms with Crippen LogP contribution in [0.15, 0.2) is 4.47 Å². The van der Waals surface area contributed by atoms with E-state index in [1.165, 1.54) is 31.4 Å². The first-order valence-electron chi connectivity index (χ1n) is 6.83. The fourth-order valence-corrected chi connectivity index (χ4v) is 3.75. The van der Waals surface area contributed by atoms with E-state index >= 15 is 0 Å². The van der Waals surface area contributed by atoms with Crippen molar-refractivity contribution in [3.63, 3.8) is 0 Å². The van der Waals surface area contributed by atoms with Gasteiger partial charge >= 0.3 is 0 Å². The van der Waals surface area contributed by atoms with Crippen LogP contribution < -0.4 is 11.3 Å². The van der Waals surface area contributed by atoms with E-state index in [-0.39, 0.29) is 0 Å². The highest BCUT2D eigenvalue weighted by atomic mass is 79.9. The maximum atomic E-state index is 5.74. The molecule has 1 aliphatic rings. The van der Waals surface area contributed by atoms with Crippen LogP contribution in [0.4, 0.5) is 0 Å². The van der Waals surface area contributed by atoms with Gasteiger partial charge in [-0.25, -0.2) is 0 Å². The Hall–Kier alpha value is -0.390. The minimum absolute atomic E-state index is 0.365. The summed E-state index contributed by atoms with van der Waals surface area (Å²) in [7, 11) is 2.02. The molecule has 18 heavy (non-hydrogen) atoms. The zero-order valence-electron chi connectivity index (χ0n) is 11.2. The molecule has 1 aromatic rings. The molecule has 5 heteroatoms. The molecule has 3 N–H and O–H groups in total.